The molecule has 352 valence electrons. The summed E-state index contributed by atoms with van der Waals surface area (Å²) in [6.45, 7) is 9.48. The second-order valence-electron chi connectivity index (χ2n) is 17.3. The molecule has 0 spiro atoms. The first-order valence-corrected chi connectivity index (χ1v) is 22.4. The second kappa shape index (κ2) is 20.2. The number of nitrogens with zero attached hydrogens (tertiary/aromatic N) is 4. The minimum Gasteiger partial charge on any atom is -0.458 e. The lowest BCUT2D eigenvalue weighted by atomic mass is 9.86. The number of cyclic esters (lactones) is 1. The highest BCUT2D eigenvalue weighted by molar-refractivity contribution is 5.97. The average Bonchev–Trinajstić information content (AvgIpc) is 3.69. The van der Waals surface area contributed by atoms with Gasteiger partial charge in [-0.2, -0.15) is 0 Å². The number of nitrogens with one attached hydrogen (secondary N) is 3. The van der Waals surface area contributed by atoms with E-state index in [1.54, 1.807) is 81.0 Å². The molecule has 0 radical (unpaired) electrons. The van der Waals surface area contributed by atoms with E-state index in [2.05, 4.69) is 16.0 Å². The van der Waals surface area contributed by atoms with Gasteiger partial charge in [0.15, 0.2) is 5.60 Å². The number of carbonyl (C=O) groups is 5. The van der Waals surface area contributed by atoms with Crippen LogP contribution < -0.4 is 26.2 Å². The molecule has 3 aromatic carbocycles. The Morgan fingerprint density at radius 2 is 1.58 bits per heavy atom. The van der Waals surface area contributed by atoms with Crippen LogP contribution in [0.2, 0.25) is 0 Å². The zero-order valence-electron chi connectivity index (χ0n) is 38.8. The van der Waals surface area contributed by atoms with Crippen molar-refractivity contribution in [3.05, 3.63) is 123 Å². The van der Waals surface area contributed by atoms with Crippen LogP contribution >= 0.6 is 0 Å². The minimum absolute atomic E-state index is 0.0315. The van der Waals surface area contributed by atoms with Crippen molar-refractivity contribution in [2.75, 3.05) is 32.5 Å². The zero-order valence-corrected chi connectivity index (χ0v) is 38.8. The van der Waals surface area contributed by atoms with Crippen LogP contribution in [0.4, 0.5) is 15.3 Å². The Morgan fingerprint density at radius 3 is 2.25 bits per heavy atom. The van der Waals surface area contributed by atoms with E-state index in [1.165, 1.54) is 9.80 Å². The number of aromatic nitrogens is 2. The van der Waals surface area contributed by atoms with Crippen LogP contribution in [0.25, 0.3) is 22.3 Å². The van der Waals surface area contributed by atoms with Crippen molar-refractivity contribution in [3.63, 3.8) is 0 Å². The summed E-state index contributed by atoms with van der Waals surface area (Å²) in [6, 6.07) is 22.0. The number of pyridine rings is 2. The number of aliphatic hydroxyl groups is 1. The van der Waals surface area contributed by atoms with Gasteiger partial charge in [0.2, 0.25) is 11.8 Å². The lowest BCUT2D eigenvalue weighted by Gasteiger charge is -2.31. The summed E-state index contributed by atoms with van der Waals surface area (Å²) in [5.74, 6) is -1.16. The molecular formula is C50H57N7O10. The third-order valence-corrected chi connectivity index (χ3v) is 12.2. The smallest absolute Gasteiger partial charge is 0.415 e. The van der Waals surface area contributed by atoms with Gasteiger partial charge in [0.05, 0.1) is 35.1 Å². The fourth-order valence-corrected chi connectivity index (χ4v) is 8.32. The molecule has 0 unspecified atom stereocenters. The maximum atomic E-state index is 13.7. The van der Waals surface area contributed by atoms with E-state index in [9.17, 15) is 33.9 Å². The lowest BCUT2D eigenvalue weighted by molar-refractivity contribution is -0.172. The first-order chi connectivity index (χ1) is 32.0. The third-order valence-electron chi connectivity index (χ3n) is 12.2. The molecule has 17 nitrogen and oxygen atoms in total. The standard InChI is InChI=1S/C50H57N7O10/c1-8-35-36-24-34(19-20-40(36)54-43-37(35)26-57-42(43)25-39-38(46(57)60)28-65-47(61)50(39,64)9-2)67-49(63)56(7)22-21-55(6)48(62)66-27-32-15-17-33(18-16-32)53-44(58)30(5)52-45(59)41(51-29(3)4)23-31-13-11-10-12-14-31/h10-20,24-25,29-30,41,51,64H,8-9,21-23,26-28H2,1-7H3,(H,52,59)(H,53,58)/t30-,41-,50-/m0/s1. The summed E-state index contributed by atoms with van der Waals surface area (Å²) in [7, 11) is 3.12. The van der Waals surface area contributed by atoms with Gasteiger partial charge >= 0.3 is 18.2 Å². The topological polar surface area (TPSA) is 211 Å². The molecule has 0 saturated heterocycles. The lowest BCUT2D eigenvalue weighted by Crippen LogP contribution is -2.52. The van der Waals surface area contributed by atoms with Gasteiger partial charge in [-0.05, 0) is 79.3 Å². The number of amides is 4. The molecule has 2 aromatic heterocycles. The molecule has 3 atom stereocenters. The predicted molar refractivity (Wildman–Crippen MR) is 250 cm³/mol. The SMILES string of the molecule is CCc1c2c(nc3ccc(OC(=O)N(C)CCN(C)C(=O)OCc4ccc(NC(=O)[C@H](C)NC(=O)[C@H](Cc5ccccc5)NC(C)C)cc4)cc13)-c1cc3c(c(=O)n1C2)COC(=O)[C@]3(O)CC. The van der Waals surface area contributed by atoms with Crippen molar-refractivity contribution in [1.82, 2.24) is 30.0 Å². The Hall–Kier alpha value is -7.11. The van der Waals surface area contributed by atoms with Crippen molar-refractivity contribution in [2.45, 2.75) is 97.4 Å². The summed E-state index contributed by atoms with van der Waals surface area (Å²) in [4.78, 5) is 86.1. The summed E-state index contributed by atoms with van der Waals surface area (Å²) in [6.07, 6.45) is -0.136. The van der Waals surface area contributed by atoms with E-state index in [0.717, 1.165) is 22.1 Å². The Kier molecular flexibility index (Phi) is 14.4. The monoisotopic (exact) mass is 915 g/mol. The Morgan fingerprint density at radius 1 is 0.881 bits per heavy atom. The van der Waals surface area contributed by atoms with Gasteiger partial charge < -0.3 is 49.6 Å². The highest BCUT2D eigenvalue weighted by atomic mass is 16.6. The van der Waals surface area contributed by atoms with Crippen LogP contribution in [0.5, 0.6) is 5.75 Å². The summed E-state index contributed by atoms with van der Waals surface area (Å²) < 4.78 is 18.0. The van der Waals surface area contributed by atoms with Gasteiger partial charge in [0.25, 0.3) is 5.56 Å². The molecule has 0 aliphatic carbocycles. The van der Waals surface area contributed by atoms with Gasteiger partial charge in [0.1, 0.15) is 25.0 Å². The Balaban J connectivity index is 0.889. The largest absolute Gasteiger partial charge is 0.458 e. The number of benzene rings is 3. The molecule has 4 amide bonds. The molecule has 2 aliphatic rings. The van der Waals surface area contributed by atoms with E-state index in [0.29, 0.717) is 41.0 Å². The molecule has 0 bridgehead atoms. The number of ether oxygens (including phenoxy) is 3. The van der Waals surface area contributed by atoms with Crippen LogP contribution in [0, 0.1) is 0 Å². The quantitative estimate of drug-likeness (QED) is 0.0901. The van der Waals surface area contributed by atoms with Crippen LogP contribution in [0.3, 0.4) is 0 Å². The van der Waals surface area contributed by atoms with Crippen molar-refractivity contribution >= 4 is 46.6 Å². The van der Waals surface area contributed by atoms with Crippen LogP contribution in [0.1, 0.15) is 74.4 Å². The van der Waals surface area contributed by atoms with E-state index in [1.807, 2.05) is 51.1 Å². The highest BCUT2D eigenvalue weighted by Gasteiger charge is 2.45. The number of hydrogen-bond acceptors (Lipinski definition) is 12. The normalized spacial score (nSPS) is 15.7. The van der Waals surface area contributed by atoms with Crippen LogP contribution in [0.15, 0.2) is 83.7 Å². The van der Waals surface area contributed by atoms with Gasteiger partial charge in [-0.1, -0.05) is 70.2 Å². The molecule has 7 rings (SSSR count). The predicted octanol–water partition coefficient (Wildman–Crippen LogP) is 5.39. The molecule has 0 saturated carbocycles. The fourth-order valence-electron chi connectivity index (χ4n) is 8.32. The number of esters is 1. The van der Waals surface area contributed by atoms with Gasteiger partial charge in [-0.3, -0.25) is 14.4 Å². The number of hydrogen-bond donors (Lipinski definition) is 4. The number of fused-ring (bicyclic) bond motifs is 5. The maximum Gasteiger partial charge on any atom is 0.415 e. The van der Waals surface area contributed by atoms with Gasteiger partial charge in [0, 0.05) is 55.4 Å². The van der Waals surface area contributed by atoms with Gasteiger partial charge in [-0.15, -0.1) is 0 Å². The number of rotatable bonds is 16. The Labute approximate surface area is 388 Å². The minimum atomic E-state index is -1.93. The van der Waals surface area contributed by atoms with Crippen molar-refractivity contribution in [2.24, 2.45) is 0 Å². The maximum absolute atomic E-state index is 13.7. The van der Waals surface area contributed by atoms with E-state index in [4.69, 9.17) is 19.2 Å². The average molecular weight is 916 g/mol. The number of likely N-dealkylation sites (N-methyl/N-ethyl adjacent to an activating group) is 2. The molecule has 4 heterocycles. The summed E-state index contributed by atoms with van der Waals surface area (Å²) >= 11 is 0. The Bertz CT molecular complexity index is 2760. The van der Waals surface area contributed by atoms with E-state index >= 15 is 0 Å². The summed E-state index contributed by atoms with van der Waals surface area (Å²) in [5, 5.41) is 20.9. The molecule has 2 aliphatic heterocycles. The number of aryl methyl sites for hydroxylation is 1. The van der Waals surface area contributed by atoms with E-state index < -0.39 is 35.8 Å². The third kappa shape index (κ3) is 10.3. The summed E-state index contributed by atoms with van der Waals surface area (Å²) in [5.41, 5.74) is 3.88. The van der Waals surface area contributed by atoms with Crippen LogP contribution in [-0.2, 0) is 62.1 Å². The number of anilines is 1. The van der Waals surface area contributed by atoms with Crippen molar-refractivity contribution in [3.8, 4) is 17.1 Å². The molecule has 17 heteroatoms. The molecule has 67 heavy (non-hydrogen) atoms. The number of carbonyl (C=O) groups excluding carboxylic acids is 5. The second-order valence-corrected chi connectivity index (χ2v) is 17.3. The fraction of sp³-hybridized carbons (Fsp3) is 0.380. The zero-order chi connectivity index (χ0) is 48.2. The van der Waals surface area contributed by atoms with Crippen LogP contribution in [-0.4, -0.2) is 99.7 Å². The molecular weight excluding hydrogens is 859 g/mol. The van der Waals surface area contributed by atoms with Crippen molar-refractivity contribution < 1.29 is 43.3 Å². The van der Waals surface area contributed by atoms with Crippen molar-refractivity contribution in [1.29, 1.82) is 0 Å². The highest BCUT2D eigenvalue weighted by Crippen LogP contribution is 2.41. The molecule has 0 fully saturated rings. The molecule has 5 aromatic rings. The first kappa shape index (κ1) is 47.8. The first-order valence-electron chi connectivity index (χ1n) is 22.4. The van der Waals surface area contributed by atoms with E-state index in [-0.39, 0.29) is 79.6 Å². The molecule has 4 N–H and O–H groups in total. The van der Waals surface area contributed by atoms with Gasteiger partial charge in [-0.25, -0.2) is 19.4 Å².